The molecule has 1 aliphatic heterocycles. The molecule has 0 aromatic carbocycles. The van der Waals surface area contributed by atoms with E-state index in [1.54, 1.807) is 0 Å². The van der Waals surface area contributed by atoms with Gasteiger partial charge in [-0.1, -0.05) is 10.2 Å². The van der Waals surface area contributed by atoms with E-state index in [-0.39, 0.29) is 18.0 Å². The third-order valence-corrected chi connectivity index (χ3v) is 2.25. The number of rotatable bonds is 3. The van der Waals surface area contributed by atoms with E-state index in [1.165, 1.54) is 27.7 Å². The summed E-state index contributed by atoms with van der Waals surface area (Å²) in [6.07, 6.45) is 7.82. The average Bonchev–Trinajstić information content (AvgIpc) is 3.23. The Bertz CT molecular complexity index is 647. The summed E-state index contributed by atoms with van der Waals surface area (Å²) in [7, 11) is 0. The molecule has 12 nitrogen and oxygen atoms in total. The van der Waals surface area contributed by atoms with Crippen LogP contribution >= 0.6 is 0 Å². The molecule has 4 rings (SSSR count). The molecule has 0 bridgehead atoms. The molecule has 1 aliphatic rings. The maximum atomic E-state index is 5.17. The van der Waals surface area contributed by atoms with Gasteiger partial charge < -0.3 is 13.4 Å². The first-order chi connectivity index (χ1) is 9.93. The molecule has 0 atom stereocenters. The molecule has 0 fully saturated rings. The first kappa shape index (κ1) is 10.5. The third-order valence-electron chi connectivity index (χ3n) is 2.25. The number of oxazole rings is 1. The average molecular weight is 274 g/mol. The Hall–Kier alpha value is -3.44. The molecule has 0 spiro atoms. The third kappa shape index (κ3) is 1.48. The summed E-state index contributed by atoms with van der Waals surface area (Å²) >= 11 is 0. The number of hydrogen-bond donors (Lipinski definition) is 0. The van der Waals surface area contributed by atoms with Gasteiger partial charge in [0.05, 0.1) is 6.20 Å². The lowest BCUT2D eigenvalue weighted by Gasteiger charge is -2.25. The van der Waals surface area contributed by atoms with Crippen molar-refractivity contribution in [1.29, 1.82) is 0 Å². The first-order valence-corrected chi connectivity index (χ1v) is 5.22. The van der Waals surface area contributed by atoms with Gasteiger partial charge in [-0.3, -0.25) is 0 Å². The van der Waals surface area contributed by atoms with Gasteiger partial charge in [0.15, 0.2) is 0 Å². The van der Waals surface area contributed by atoms with Gasteiger partial charge in [0.2, 0.25) is 19.1 Å². The van der Waals surface area contributed by atoms with Gasteiger partial charge >= 0.3 is 12.0 Å². The fraction of sp³-hybridized carbons (Fsp3) is 0. The molecule has 12 heteroatoms. The molecule has 0 saturated carbocycles. The lowest BCUT2D eigenvalue weighted by atomic mass is 10.9. The molecular formula is C8H4N9O3. The summed E-state index contributed by atoms with van der Waals surface area (Å²) in [6.45, 7) is 0. The van der Waals surface area contributed by atoms with Crippen LogP contribution in [0.4, 0.5) is 18.0 Å². The van der Waals surface area contributed by atoms with Gasteiger partial charge in [-0.15, -0.1) is 15.3 Å². The molecule has 3 aromatic rings. The van der Waals surface area contributed by atoms with E-state index in [9.17, 15) is 0 Å². The van der Waals surface area contributed by atoms with Crippen molar-refractivity contribution < 1.29 is 13.4 Å². The Kier molecular flexibility index (Phi) is 2.12. The summed E-state index contributed by atoms with van der Waals surface area (Å²) in [4.78, 5) is 7.87. The molecule has 4 heterocycles. The van der Waals surface area contributed by atoms with Crippen LogP contribution in [-0.4, -0.2) is 31.7 Å². The lowest BCUT2D eigenvalue weighted by Crippen LogP contribution is -2.47. The number of hydrazine groups is 2. The minimum absolute atomic E-state index is 0.0850. The number of hydrazone groups is 1. The van der Waals surface area contributed by atoms with Crippen molar-refractivity contribution in [3.8, 4) is 0 Å². The molecule has 3 aromatic heterocycles. The monoisotopic (exact) mass is 274 g/mol. The van der Waals surface area contributed by atoms with Crippen molar-refractivity contribution in [3.05, 3.63) is 25.2 Å². The van der Waals surface area contributed by atoms with Gasteiger partial charge in [-0.25, -0.2) is 0 Å². The second-order valence-corrected chi connectivity index (χ2v) is 3.36. The number of aromatic nitrogens is 5. The molecule has 20 heavy (non-hydrogen) atoms. The summed E-state index contributed by atoms with van der Waals surface area (Å²) in [5.41, 5.74) is 0. The highest BCUT2D eigenvalue weighted by Crippen LogP contribution is 2.26. The van der Waals surface area contributed by atoms with Crippen LogP contribution in [0.2, 0.25) is 0 Å². The van der Waals surface area contributed by atoms with Crippen LogP contribution < -0.4 is 15.2 Å². The Balaban J connectivity index is 1.77. The highest BCUT2D eigenvalue weighted by Gasteiger charge is 2.37. The van der Waals surface area contributed by atoms with Crippen molar-refractivity contribution in [1.82, 2.24) is 25.3 Å². The highest BCUT2D eigenvalue weighted by atomic mass is 16.5. The number of anilines is 3. The van der Waals surface area contributed by atoms with Gasteiger partial charge in [0, 0.05) is 0 Å². The highest BCUT2D eigenvalue weighted by molar-refractivity contribution is 5.84. The zero-order valence-electron chi connectivity index (χ0n) is 9.56. The van der Waals surface area contributed by atoms with Crippen LogP contribution in [0.3, 0.4) is 0 Å². The predicted molar refractivity (Wildman–Crippen MR) is 60.0 cm³/mol. The van der Waals surface area contributed by atoms with Crippen LogP contribution in [0.5, 0.6) is 0 Å². The maximum absolute atomic E-state index is 5.17. The quantitative estimate of drug-likeness (QED) is 0.636. The van der Waals surface area contributed by atoms with Crippen molar-refractivity contribution in [2.75, 3.05) is 15.2 Å². The van der Waals surface area contributed by atoms with E-state index in [0.29, 0.717) is 0 Å². The van der Waals surface area contributed by atoms with Crippen molar-refractivity contribution in [2.24, 2.45) is 5.10 Å². The Morgan fingerprint density at radius 1 is 1.10 bits per heavy atom. The van der Waals surface area contributed by atoms with E-state index in [0.717, 1.165) is 12.8 Å². The summed E-state index contributed by atoms with van der Waals surface area (Å²) in [5, 5.41) is 18.9. The SMILES string of the molecule is [C]1=NN(c2ncco2)N(c2nnco2)N1c1ncon1. The number of hydrogen-bond acceptors (Lipinski definition) is 12. The Morgan fingerprint density at radius 3 is 2.80 bits per heavy atom. The van der Waals surface area contributed by atoms with E-state index in [1.807, 2.05) is 0 Å². The van der Waals surface area contributed by atoms with E-state index in [4.69, 9.17) is 8.83 Å². The molecule has 0 aliphatic carbocycles. The van der Waals surface area contributed by atoms with Gasteiger partial charge in [-0.2, -0.15) is 15.0 Å². The molecule has 0 saturated heterocycles. The smallest absolute Gasteiger partial charge is 0.360 e. The molecule has 0 unspecified atom stereocenters. The van der Waals surface area contributed by atoms with Crippen molar-refractivity contribution >= 4 is 24.3 Å². The van der Waals surface area contributed by atoms with Gasteiger partial charge in [0.25, 0.3) is 5.95 Å². The topological polar surface area (TPSA) is 126 Å². The molecule has 99 valence electrons. The fourth-order valence-corrected chi connectivity index (χ4v) is 1.50. The summed E-state index contributed by atoms with van der Waals surface area (Å²) in [6, 6.07) is 0.253. The van der Waals surface area contributed by atoms with Crippen LogP contribution in [0, 0.1) is 0 Å². The fourth-order valence-electron chi connectivity index (χ4n) is 1.50. The van der Waals surface area contributed by atoms with Gasteiger partial charge in [-0.05, 0) is 5.16 Å². The minimum Gasteiger partial charge on any atom is -0.430 e. The van der Waals surface area contributed by atoms with Crippen LogP contribution in [0.1, 0.15) is 0 Å². The predicted octanol–water partition coefficient (Wildman–Crippen LogP) is -0.0759. The van der Waals surface area contributed by atoms with E-state index in [2.05, 4.69) is 41.3 Å². The van der Waals surface area contributed by atoms with Crippen LogP contribution in [0.25, 0.3) is 0 Å². The standard InChI is InChI=1S/C8H4N9O3/c1-2-18-7(9-1)16-12-3-15(6-10-4-20-14-6)17(16)8-13-11-5-19-8/h1-2,4-5H. The molecular weight excluding hydrogens is 270 g/mol. The maximum Gasteiger partial charge on any atom is 0.360 e. The second kappa shape index (κ2) is 4.04. The Labute approximate surface area is 109 Å². The van der Waals surface area contributed by atoms with Crippen molar-refractivity contribution in [3.63, 3.8) is 0 Å². The lowest BCUT2D eigenvalue weighted by molar-refractivity contribution is 0.416. The molecule has 1 radical (unpaired) electrons. The van der Waals surface area contributed by atoms with Crippen molar-refractivity contribution in [2.45, 2.75) is 0 Å². The summed E-state index contributed by atoms with van der Waals surface area (Å²) in [5.74, 6) is 0.168. The second-order valence-electron chi connectivity index (χ2n) is 3.36. The summed E-state index contributed by atoms with van der Waals surface area (Å²) < 4.78 is 15.0. The molecule has 0 amide bonds. The minimum atomic E-state index is 0.0850. The van der Waals surface area contributed by atoms with Crippen LogP contribution in [0.15, 0.2) is 43.7 Å². The first-order valence-electron chi connectivity index (χ1n) is 5.22. The van der Waals surface area contributed by atoms with E-state index < -0.39 is 0 Å². The van der Waals surface area contributed by atoms with Crippen LogP contribution in [-0.2, 0) is 0 Å². The molecule has 0 N–H and O–H groups in total. The number of nitrogens with zero attached hydrogens (tertiary/aromatic N) is 9. The zero-order chi connectivity index (χ0) is 13.4. The Morgan fingerprint density at radius 2 is 2.10 bits per heavy atom. The van der Waals surface area contributed by atoms with E-state index >= 15 is 0 Å². The largest absolute Gasteiger partial charge is 0.430 e. The van der Waals surface area contributed by atoms with Gasteiger partial charge in [0.1, 0.15) is 6.26 Å². The normalized spacial score (nSPS) is 14.5. The zero-order valence-corrected chi connectivity index (χ0v) is 9.56.